The molecular formula is C11H15FN2O2. The topological polar surface area (TPSA) is 55.2 Å². The summed E-state index contributed by atoms with van der Waals surface area (Å²) in [5.74, 6) is -0.807. The van der Waals surface area contributed by atoms with Crippen molar-refractivity contribution >= 4 is 11.4 Å². The van der Waals surface area contributed by atoms with Crippen LogP contribution in [0.4, 0.5) is 15.8 Å². The molecule has 0 spiro atoms. The van der Waals surface area contributed by atoms with Gasteiger partial charge in [-0.3, -0.25) is 10.1 Å². The van der Waals surface area contributed by atoms with Gasteiger partial charge in [0.05, 0.1) is 4.92 Å². The number of benzene rings is 1. The summed E-state index contributed by atoms with van der Waals surface area (Å²) >= 11 is 0. The highest BCUT2D eigenvalue weighted by Gasteiger charge is 2.14. The van der Waals surface area contributed by atoms with E-state index in [0.29, 0.717) is 5.69 Å². The summed E-state index contributed by atoms with van der Waals surface area (Å²) in [5.41, 5.74) is 0.0859. The second kappa shape index (κ2) is 5.44. The van der Waals surface area contributed by atoms with Crippen molar-refractivity contribution in [1.29, 1.82) is 0 Å². The Labute approximate surface area is 93.6 Å². The van der Waals surface area contributed by atoms with Gasteiger partial charge in [-0.05, 0) is 25.5 Å². The maximum Gasteiger partial charge on any atom is 0.306 e. The van der Waals surface area contributed by atoms with E-state index in [9.17, 15) is 14.5 Å². The lowest BCUT2D eigenvalue weighted by atomic mass is 10.2. The van der Waals surface area contributed by atoms with Gasteiger partial charge in [-0.15, -0.1) is 0 Å². The Morgan fingerprint density at radius 3 is 2.81 bits per heavy atom. The van der Waals surface area contributed by atoms with Gasteiger partial charge in [0.25, 0.3) is 0 Å². The molecule has 0 bridgehead atoms. The van der Waals surface area contributed by atoms with Gasteiger partial charge in [0.2, 0.25) is 5.82 Å². The van der Waals surface area contributed by atoms with Crippen molar-refractivity contribution in [1.82, 2.24) is 0 Å². The largest absolute Gasteiger partial charge is 0.382 e. The zero-order valence-electron chi connectivity index (χ0n) is 9.37. The highest BCUT2D eigenvalue weighted by molar-refractivity contribution is 5.52. The van der Waals surface area contributed by atoms with Gasteiger partial charge in [-0.1, -0.05) is 13.3 Å². The highest BCUT2D eigenvalue weighted by Crippen LogP contribution is 2.22. The minimum absolute atomic E-state index is 0.218. The number of hydrogen-bond donors (Lipinski definition) is 1. The van der Waals surface area contributed by atoms with Crippen LogP contribution in [-0.2, 0) is 0 Å². The number of hydrogen-bond acceptors (Lipinski definition) is 3. The molecule has 1 aromatic carbocycles. The fourth-order valence-corrected chi connectivity index (χ4v) is 1.53. The third-order valence-corrected chi connectivity index (χ3v) is 2.28. The fourth-order valence-electron chi connectivity index (χ4n) is 1.53. The predicted molar refractivity (Wildman–Crippen MR) is 61.0 cm³/mol. The molecule has 0 amide bonds. The molecule has 5 heteroatoms. The number of nitro benzene ring substituents is 1. The summed E-state index contributed by atoms with van der Waals surface area (Å²) in [7, 11) is 0. The molecule has 88 valence electrons. The quantitative estimate of drug-likeness (QED) is 0.618. The minimum atomic E-state index is -0.807. The van der Waals surface area contributed by atoms with Gasteiger partial charge in [-0.25, -0.2) is 0 Å². The summed E-state index contributed by atoms with van der Waals surface area (Å²) in [4.78, 5) is 9.81. The van der Waals surface area contributed by atoms with Crippen molar-refractivity contribution in [3.8, 4) is 0 Å². The van der Waals surface area contributed by atoms with E-state index in [1.165, 1.54) is 12.1 Å². The van der Waals surface area contributed by atoms with Gasteiger partial charge >= 0.3 is 5.69 Å². The van der Waals surface area contributed by atoms with Crippen molar-refractivity contribution in [3.05, 3.63) is 34.1 Å². The number of rotatable bonds is 5. The Balaban J connectivity index is 2.82. The van der Waals surface area contributed by atoms with Crippen molar-refractivity contribution in [2.45, 2.75) is 32.7 Å². The first-order valence-corrected chi connectivity index (χ1v) is 5.25. The van der Waals surface area contributed by atoms with Crippen LogP contribution in [0.15, 0.2) is 18.2 Å². The lowest BCUT2D eigenvalue weighted by Crippen LogP contribution is -2.14. The van der Waals surface area contributed by atoms with E-state index in [1.807, 2.05) is 6.92 Å². The lowest BCUT2D eigenvalue weighted by molar-refractivity contribution is -0.387. The maximum absolute atomic E-state index is 13.0. The number of nitrogens with one attached hydrogen (secondary N) is 1. The van der Waals surface area contributed by atoms with Crippen molar-refractivity contribution < 1.29 is 9.31 Å². The maximum atomic E-state index is 13.0. The molecule has 0 saturated carbocycles. The molecular weight excluding hydrogens is 211 g/mol. The average molecular weight is 226 g/mol. The number of anilines is 1. The molecule has 0 radical (unpaired) electrons. The van der Waals surface area contributed by atoms with Crippen LogP contribution >= 0.6 is 0 Å². The Hall–Kier alpha value is -1.65. The molecule has 1 rings (SSSR count). The molecule has 0 aliphatic carbocycles. The third-order valence-electron chi connectivity index (χ3n) is 2.28. The van der Waals surface area contributed by atoms with Crippen molar-refractivity contribution in [2.75, 3.05) is 5.32 Å². The molecule has 0 heterocycles. The smallest absolute Gasteiger partial charge is 0.306 e. The van der Waals surface area contributed by atoms with Gasteiger partial charge < -0.3 is 5.32 Å². The standard InChI is InChI=1S/C11H15FN2O2/c1-3-4-8(2)13-9-5-6-10(12)11(7-9)14(15)16/h5-8,13H,3-4H2,1-2H3. The van der Waals surface area contributed by atoms with E-state index in [-0.39, 0.29) is 6.04 Å². The highest BCUT2D eigenvalue weighted by atomic mass is 19.1. The number of nitrogens with zero attached hydrogens (tertiary/aromatic N) is 1. The van der Waals surface area contributed by atoms with Crippen molar-refractivity contribution in [3.63, 3.8) is 0 Å². The zero-order chi connectivity index (χ0) is 12.1. The van der Waals surface area contributed by atoms with E-state index in [2.05, 4.69) is 12.2 Å². The molecule has 1 N–H and O–H groups in total. The van der Waals surface area contributed by atoms with E-state index >= 15 is 0 Å². The fraction of sp³-hybridized carbons (Fsp3) is 0.455. The summed E-state index contributed by atoms with van der Waals surface area (Å²) in [6, 6.07) is 4.06. The predicted octanol–water partition coefficient (Wildman–Crippen LogP) is 3.33. The number of halogens is 1. The number of nitro groups is 1. The molecule has 0 aliphatic heterocycles. The molecule has 1 aromatic rings. The van der Waals surface area contributed by atoms with Crippen LogP contribution in [0.3, 0.4) is 0 Å². The minimum Gasteiger partial charge on any atom is -0.382 e. The van der Waals surface area contributed by atoms with Gasteiger partial charge in [0.15, 0.2) is 0 Å². The van der Waals surface area contributed by atoms with Crippen LogP contribution in [-0.4, -0.2) is 11.0 Å². The Morgan fingerprint density at radius 2 is 2.25 bits per heavy atom. The molecule has 0 aliphatic rings. The van der Waals surface area contributed by atoms with Crippen LogP contribution in [0.25, 0.3) is 0 Å². The second-order valence-electron chi connectivity index (χ2n) is 3.76. The molecule has 0 fully saturated rings. The monoisotopic (exact) mass is 226 g/mol. The summed E-state index contributed by atoms with van der Waals surface area (Å²) in [5, 5.41) is 13.6. The van der Waals surface area contributed by atoms with Crippen LogP contribution in [0.2, 0.25) is 0 Å². The van der Waals surface area contributed by atoms with Crippen LogP contribution < -0.4 is 5.32 Å². The van der Waals surface area contributed by atoms with E-state index < -0.39 is 16.4 Å². The molecule has 4 nitrogen and oxygen atoms in total. The summed E-state index contributed by atoms with van der Waals surface area (Å²) < 4.78 is 13.0. The molecule has 0 aromatic heterocycles. The molecule has 1 atom stereocenters. The SMILES string of the molecule is CCCC(C)Nc1ccc(F)c([N+](=O)[O-])c1. The molecule has 0 saturated heterocycles. The van der Waals surface area contributed by atoms with Crippen molar-refractivity contribution in [2.24, 2.45) is 0 Å². The second-order valence-corrected chi connectivity index (χ2v) is 3.76. The van der Waals surface area contributed by atoms with Gasteiger partial charge in [0.1, 0.15) is 0 Å². The van der Waals surface area contributed by atoms with E-state index in [1.54, 1.807) is 0 Å². The molecule has 1 unspecified atom stereocenters. The van der Waals surface area contributed by atoms with E-state index in [0.717, 1.165) is 18.9 Å². The normalized spacial score (nSPS) is 12.2. The molecule has 16 heavy (non-hydrogen) atoms. The first-order chi connectivity index (χ1) is 7.54. The summed E-state index contributed by atoms with van der Waals surface area (Å²) in [6.45, 7) is 4.05. The average Bonchev–Trinajstić information content (AvgIpc) is 2.21. The Morgan fingerprint density at radius 1 is 1.56 bits per heavy atom. The summed E-state index contributed by atoms with van der Waals surface area (Å²) in [6.07, 6.45) is 1.99. The lowest BCUT2D eigenvalue weighted by Gasteiger charge is -2.13. The van der Waals surface area contributed by atoms with E-state index in [4.69, 9.17) is 0 Å². The zero-order valence-corrected chi connectivity index (χ0v) is 9.37. The van der Waals surface area contributed by atoms with Crippen LogP contribution in [0.5, 0.6) is 0 Å². The van der Waals surface area contributed by atoms with Gasteiger partial charge in [0, 0.05) is 17.8 Å². The van der Waals surface area contributed by atoms with Crippen LogP contribution in [0.1, 0.15) is 26.7 Å². The van der Waals surface area contributed by atoms with Gasteiger partial charge in [-0.2, -0.15) is 4.39 Å². The Bertz CT molecular complexity index is 382. The first kappa shape index (κ1) is 12.4. The van der Waals surface area contributed by atoms with Crippen LogP contribution in [0, 0.1) is 15.9 Å². The Kier molecular flexibility index (Phi) is 4.22. The first-order valence-electron chi connectivity index (χ1n) is 5.25. The third kappa shape index (κ3) is 3.18.